The summed E-state index contributed by atoms with van der Waals surface area (Å²) in [6.45, 7) is 0. The van der Waals surface area contributed by atoms with Crippen LogP contribution >= 0.6 is 23.1 Å². The largest absolute Gasteiger partial charge is 0.310 e. The molecule has 0 saturated carbocycles. The minimum absolute atomic E-state index is 0.501. The molecule has 1 unspecified atom stereocenters. The average molecular weight is 837 g/mol. The number of rotatable bonds is 4. The van der Waals surface area contributed by atoms with E-state index in [1.165, 1.54) is 95.9 Å². The molecule has 4 heteroatoms. The number of para-hydroxylation sites is 2. The topological polar surface area (TPSA) is 8.17 Å². The van der Waals surface area contributed by atoms with Crippen LogP contribution in [0.3, 0.4) is 0 Å². The van der Waals surface area contributed by atoms with Crippen LogP contribution in [0.2, 0.25) is 0 Å². The molecule has 2 aliphatic rings. The molecule has 0 saturated heterocycles. The van der Waals surface area contributed by atoms with E-state index in [2.05, 4.69) is 228 Å². The summed E-state index contributed by atoms with van der Waals surface area (Å²) >= 11 is 3.77. The highest BCUT2D eigenvalue weighted by molar-refractivity contribution is 7.99. The summed E-state index contributed by atoms with van der Waals surface area (Å²) in [7, 11) is 0. The number of hydrogen-bond acceptors (Lipinski definition) is 3. The Bertz CT molecular complexity index is 3850. The monoisotopic (exact) mass is 836 g/mol. The fourth-order valence-corrected chi connectivity index (χ4v) is 13.4. The van der Waals surface area contributed by atoms with Crippen molar-refractivity contribution in [2.45, 2.75) is 15.2 Å². The Hall–Kier alpha value is -7.37. The van der Waals surface area contributed by atoms with Gasteiger partial charge in [-0.1, -0.05) is 157 Å². The maximum Gasteiger partial charge on any atom is 0.0735 e. The highest BCUT2D eigenvalue weighted by Crippen LogP contribution is 2.62. The van der Waals surface area contributed by atoms with Crippen molar-refractivity contribution in [2.24, 2.45) is 0 Å². The molecule has 14 rings (SSSR count). The van der Waals surface area contributed by atoms with Crippen LogP contribution in [0.25, 0.3) is 69.6 Å². The van der Waals surface area contributed by atoms with Crippen molar-refractivity contribution in [3.63, 3.8) is 0 Å². The summed E-state index contributed by atoms with van der Waals surface area (Å²) in [5.74, 6) is 0. The molecule has 0 amide bonds. The third kappa shape index (κ3) is 4.91. The van der Waals surface area contributed by atoms with E-state index in [0.29, 0.717) is 0 Å². The first kappa shape index (κ1) is 35.2. The van der Waals surface area contributed by atoms with Crippen LogP contribution in [-0.2, 0) is 5.41 Å². The minimum atomic E-state index is -0.501. The third-order valence-corrected chi connectivity index (χ3v) is 15.9. The van der Waals surface area contributed by atoms with E-state index in [1.807, 2.05) is 23.1 Å². The number of nitrogens with zero attached hydrogens (tertiary/aromatic N) is 2. The van der Waals surface area contributed by atoms with Gasteiger partial charge in [0, 0.05) is 63.5 Å². The van der Waals surface area contributed by atoms with Gasteiger partial charge in [0.1, 0.15) is 0 Å². The van der Waals surface area contributed by atoms with Gasteiger partial charge in [-0.2, -0.15) is 0 Å². The minimum Gasteiger partial charge on any atom is -0.310 e. The summed E-state index contributed by atoms with van der Waals surface area (Å²) in [6, 6.07) is 81.7. The van der Waals surface area contributed by atoms with E-state index in [1.54, 1.807) is 0 Å². The van der Waals surface area contributed by atoms with Gasteiger partial charge in [-0.15, -0.1) is 11.3 Å². The maximum atomic E-state index is 2.48. The van der Waals surface area contributed by atoms with E-state index in [4.69, 9.17) is 0 Å². The fraction of sp³-hybridized carbons (Fsp3) is 0.0169. The van der Waals surface area contributed by atoms with Crippen molar-refractivity contribution < 1.29 is 0 Å². The first-order chi connectivity index (χ1) is 31.2. The summed E-state index contributed by atoms with van der Waals surface area (Å²) in [5, 5.41) is 7.69. The Morgan fingerprint density at radius 3 is 1.94 bits per heavy atom. The van der Waals surface area contributed by atoms with Crippen molar-refractivity contribution in [2.75, 3.05) is 4.90 Å². The van der Waals surface area contributed by atoms with E-state index in [9.17, 15) is 0 Å². The van der Waals surface area contributed by atoms with Gasteiger partial charge >= 0.3 is 0 Å². The van der Waals surface area contributed by atoms with Gasteiger partial charge in [-0.25, -0.2) is 0 Å². The van der Waals surface area contributed by atoms with Gasteiger partial charge in [0.05, 0.1) is 16.4 Å². The molecule has 1 aliphatic carbocycles. The lowest BCUT2D eigenvalue weighted by Gasteiger charge is -2.46. The SMILES string of the molecule is c1ccc(-n2c3ccccc3c3cc(N(c4ccc5c(c4)Sc4ccccc4C54c5ccccc5-c5cccc6cccc4c56)c4ccc5c(c4)sc4ccccc45)ccc32)cc1. The van der Waals surface area contributed by atoms with E-state index in [0.717, 1.165) is 22.7 Å². The molecule has 0 bridgehead atoms. The Kier molecular flexibility index (Phi) is 7.45. The molecule has 1 atom stereocenters. The Morgan fingerprint density at radius 1 is 0.381 bits per heavy atom. The van der Waals surface area contributed by atoms with Gasteiger partial charge < -0.3 is 9.47 Å². The first-order valence-corrected chi connectivity index (χ1v) is 23.2. The molecule has 0 N–H and O–H groups in total. The van der Waals surface area contributed by atoms with Crippen LogP contribution in [0.5, 0.6) is 0 Å². The van der Waals surface area contributed by atoms with Gasteiger partial charge in [-0.3, -0.25) is 0 Å². The molecule has 2 nitrogen and oxygen atoms in total. The number of thiophene rings is 1. The summed E-state index contributed by atoms with van der Waals surface area (Å²) in [6.07, 6.45) is 0. The van der Waals surface area contributed by atoms with E-state index in [-0.39, 0.29) is 0 Å². The number of aromatic nitrogens is 1. The molecule has 0 radical (unpaired) electrons. The van der Waals surface area contributed by atoms with Gasteiger partial charge in [0.15, 0.2) is 0 Å². The van der Waals surface area contributed by atoms with Crippen molar-refractivity contribution >= 4 is 92.9 Å². The smallest absolute Gasteiger partial charge is 0.0735 e. The quantitative estimate of drug-likeness (QED) is 0.174. The number of fused-ring (bicyclic) bond motifs is 14. The van der Waals surface area contributed by atoms with Crippen molar-refractivity contribution in [1.29, 1.82) is 0 Å². The van der Waals surface area contributed by atoms with Crippen LogP contribution in [-0.4, -0.2) is 4.57 Å². The van der Waals surface area contributed by atoms with Crippen LogP contribution in [0.1, 0.15) is 22.3 Å². The lowest BCUT2D eigenvalue weighted by molar-refractivity contribution is 0.707. The number of hydrogen-bond donors (Lipinski definition) is 0. The Labute approximate surface area is 372 Å². The summed E-state index contributed by atoms with van der Waals surface area (Å²) in [4.78, 5) is 5.05. The second-order valence-corrected chi connectivity index (χ2v) is 19.0. The highest BCUT2D eigenvalue weighted by atomic mass is 32.2. The summed E-state index contributed by atoms with van der Waals surface area (Å²) < 4.78 is 4.99. The van der Waals surface area contributed by atoms with Gasteiger partial charge in [-0.05, 0) is 117 Å². The van der Waals surface area contributed by atoms with Crippen molar-refractivity contribution in [3.8, 4) is 16.8 Å². The predicted octanol–water partition coefficient (Wildman–Crippen LogP) is 16.6. The van der Waals surface area contributed by atoms with Crippen LogP contribution < -0.4 is 4.90 Å². The zero-order valence-electron chi connectivity index (χ0n) is 34.0. The number of benzene rings is 10. The zero-order valence-corrected chi connectivity index (χ0v) is 35.6. The van der Waals surface area contributed by atoms with E-state index < -0.39 is 5.41 Å². The lowest BCUT2D eigenvalue weighted by atomic mass is 9.59. The molecule has 12 aromatic rings. The van der Waals surface area contributed by atoms with Gasteiger partial charge in [0.25, 0.3) is 0 Å². The van der Waals surface area contributed by atoms with Gasteiger partial charge in [0.2, 0.25) is 0 Å². The molecule has 2 aromatic heterocycles. The normalized spacial score (nSPS) is 15.0. The Balaban J connectivity index is 1.03. The molecular weight excluding hydrogens is 801 g/mol. The first-order valence-electron chi connectivity index (χ1n) is 21.6. The Morgan fingerprint density at radius 2 is 1.02 bits per heavy atom. The molecular formula is C59H36N2S2. The maximum absolute atomic E-state index is 2.48. The van der Waals surface area contributed by atoms with Crippen molar-refractivity contribution in [1.82, 2.24) is 4.57 Å². The van der Waals surface area contributed by atoms with Crippen LogP contribution in [0, 0.1) is 0 Å². The molecule has 1 spiro atoms. The molecule has 63 heavy (non-hydrogen) atoms. The lowest BCUT2D eigenvalue weighted by Crippen LogP contribution is -2.36. The molecule has 294 valence electrons. The molecule has 1 aliphatic heterocycles. The standard InChI is InChI=1S/C59H36N2S2/c1-2-16-38(17-3-1)61-52-25-9-5-19-43(52)47-34-39(30-33-53(47)61)60(40-28-31-45-44-20-6-10-26-54(44)62-56(45)35-40)41-29-32-50-57(36-41)63-55-27-11-8-23-49(55)59(50)48-22-7-4-18-42(48)46-21-12-14-37-15-13-24-51(59)58(37)46/h1-36H. The van der Waals surface area contributed by atoms with Crippen LogP contribution in [0.15, 0.2) is 228 Å². The number of anilines is 3. The summed E-state index contributed by atoms with van der Waals surface area (Å²) in [5.41, 5.74) is 14.4. The predicted molar refractivity (Wildman–Crippen MR) is 267 cm³/mol. The average Bonchev–Trinajstić information content (AvgIpc) is 3.88. The molecule has 3 heterocycles. The third-order valence-electron chi connectivity index (χ3n) is 13.6. The molecule has 10 aromatic carbocycles. The van der Waals surface area contributed by atoms with Crippen molar-refractivity contribution in [3.05, 3.63) is 241 Å². The highest BCUT2D eigenvalue weighted by Gasteiger charge is 2.48. The van der Waals surface area contributed by atoms with E-state index >= 15 is 0 Å². The molecule has 0 fully saturated rings. The zero-order chi connectivity index (χ0) is 41.2. The van der Waals surface area contributed by atoms with Crippen LogP contribution in [0.4, 0.5) is 17.1 Å². The second-order valence-electron chi connectivity index (χ2n) is 16.8. The fourth-order valence-electron chi connectivity index (χ4n) is 11.1. The second kappa shape index (κ2) is 13.3.